The topological polar surface area (TPSA) is 72.7 Å². The molecule has 1 N–H and O–H groups in total. The van der Waals surface area contributed by atoms with Gasteiger partial charge in [0.2, 0.25) is 0 Å². The Hall–Kier alpha value is -3.13. The molecule has 1 amide bonds. The van der Waals surface area contributed by atoms with Crippen LogP contribution in [0.5, 0.6) is 0 Å². The van der Waals surface area contributed by atoms with E-state index in [1.807, 2.05) is 30.3 Å². The van der Waals surface area contributed by atoms with Crippen molar-refractivity contribution in [2.24, 2.45) is 0 Å². The summed E-state index contributed by atoms with van der Waals surface area (Å²) in [4.78, 5) is 16.8. The predicted molar refractivity (Wildman–Crippen MR) is 97.8 cm³/mol. The van der Waals surface area contributed by atoms with Crippen molar-refractivity contribution in [1.82, 2.24) is 20.0 Å². The zero-order valence-corrected chi connectivity index (χ0v) is 14.6. The highest BCUT2D eigenvalue weighted by Gasteiger charge is 2.18. The SMILES string of the molecule is Cc1c(C(=O)Nc2nc3ccc(F)cc3s2)nnn1Cc1ccccc1. The lowest BCUT2D eigenvalue weighted by Crippen LogP contribution is -2.14. The number of nitrogens with one attached hydrogen (secondary N) is 1. The van der Waals surface area contributed by atoms with E-state index < -0.39 is 0 Å². The summed E-state index contributed by atoms with van der Waals surface area (Å²) in [7, 11) is 0. The fourth-order valence-corrected chi connectivity index (χ4v) is 3.47. The summed E-state index contributed by atoms with van der Waals surface area (Å²) >= 11 is 1.21. The van der Waals surface area contributed by atoms with Crippen LogP contribution < -0.4 is 5.32 Å². The summed E-state index contributed by atoms with van der Waals surface area (Å²) in [6, 6.07) is 14.1. The lowest BCUT2D eigenvalue weighted by Gasteiger charge is -2.04. The Balaban J connectivity index is 1.54. The molecule has 0 radical (unpaired) electrons. The van der Waals surface area contributed by atoms with E-state index in [4.69, 9.17) is 0 Å². The van der Waals surface area contributed by atoms with Gasteiger partial charge in [-0.05, 0) is 30.7 Å². The van der Waals surface area contributed by atoms with E-state index in [9.17, 15) is 9.18 Å². The molecule has 8 heteroatoms. The number of halogens is 1. The van der Waals surface area contributed by atoms with Crippen LogP contribution in [0.1, 0.15) is 21.7 Å². The number of hydrogen-bond donors (Lipinski definition) is 1. The van der Waals surface area contributed by atoms with E-state index >= 15 is 0 Å². The number of benzene rings is 2. The summed E-state index contributed by atoms with van der Waals surface area (Å²) in [5.41, 5.74) is 2.61. The van der Waals surface area contributed by atoms with Crippen LogP contribution in [0, 0.1) is 12.7 Å². The lowest BCUT2D eigenvalue weighted by atomic mass is 10.2. The van der Waals surface area contributed by atoms with Gasteiger partial charge in [0.05, 0.1) is 22.5 Å². The van der Waals surface area contributed by atoms with Crippen molar-refractivity contribution in [2.75, 3.05) is 5.32 Å². The number of thiazole rings is 1. The highest BCUT2D eigenvalue weighted by atomic mass is 32.1. The van der Waals surface area contributed by atoms with Gasteiger partial charge in [-0.2, -0.15) is 0 Å². The first-order valence-electron chi connectivity index (χ1n) is 7.91. The quantitative estimate of drug-likeness (QED) is 0.598. The second-order valence-electron chi connectivity index (χ2n) is 5.75. The molecule has 4 rings (SSSR count). The minimum Gasteiger partial charge on any atom is -0.296 e. The van der Waals surface area contributed by atoms with Gasteiger partial charge in [-0.3, -0.25) is 10.1 Å². The largest absolute Gasteiger partial charge is 0.296 e. The number of carbonyl (C=O) groups excluding carboxylic acids is 1. The van der Waals surface area contributed by atoms with Gasteiger partial charge in [0.15, 0.2) is 10.8 Å². The van der Waals surface area contributed by atoms with Crippen LogP contribution in [0.15, 0.2) is 48.5 Å². The normalized spacial score (nSPS) is 11.0. The Morgan fingerprint density at radius 1 is 1.23 bits per heavy atom. The maximum atomic E-state index is 13.3. The Labute approximate surface area is 152 Å². The second-order valence-corrected chi connectivity index (χ2v) is 6.78. The second kappa shape index (κ2) is 6.64. The highest BCUT2D eigenvalue weighted by Crippen LogP contribution is 2.26. The van der Waals surface area contributed by atoms with Crippen molar-refractivity contribution < 1.29 is 9.18 Å². The Bertz CT molecular complexity index is 1090. The molecule has 4 aromatic rings. The number of nitrogens with zero attached hydrogens (tertiary/aromatic N) is 4. The molecule has 0 spiro atoms. The van der Waals surface area contributed by atoms with E-state index in [-0.39, 0.29) is 17.4 Å². The minimum absolute atomic E-state index is 0.242. The summed E-state index contributed by atoms with van der Waals surface area (Å²) < 4.78 is 15.6. The molecular weight excluding hydrogens is 353 g/mol. The van der Waals surface area contributed by atoms with Gasteiger partial charge in [-0.25, -0.2) is 14.1 Å². The number of hydrogen-bond acceptors (Lipinski definition) is 5. The maximum absolute atomic E-state index is 13.3. The molecule has 0 aliphatic rings. The Morgan fingerprint density at radius 3 is 2.85 bits per heavy atom. The van der Waals surface area contributed by atoms with Crippen LogP contribution in [-0.4, -0.2) is 25.9 Å². The monoisotopic (exact) mass is 367 g/mol. The van der Waals surface area contributed by atoms with Gasteiger partial charge >= 0.3 is 0 Å². The van der Waals surface area contributed by atoms with Gasteiger partial charge in [0.1, 0.15) is 5.82 Å². The lowest BCUT2D eigenvalue weighted by molar-refractivity contribution is 0.102. The fourth-order valence-electron chi connectivity index (χ4n) is 2.58. The summed E-state index contributed by atoms with van der Waals surface area (Å²) in [6.45, 7) is 2.33. The predicted octanol–water partition coefficient (Wildman–Crippen LogP) is 3.64. The summed E-state index contributed by atoms with van der Waals surface area (Å²) in [5, 5.41) is 11.2. The molecule has 0 unspecified atom stereocenters. The molecule has 0 aliphatic heterocycles. The Morgan fingerprint density at radius 2 is 2.04 bits per heavy atom. The standard InChI is InChI=1S/C18H14FN5OS/c1-11-16(22-23-24(11)10-12-5-3-2-4-6-12)17(25)21-18-20-14-8-7-13(19)9-15(14)26-18/h2-9H,10H2,1H3,(H,20,21,25). The van der Waals surface area contributed by atoms with Gasteiger partial charge in [0.25, 0.3) is 5.91 Å². The number of fused-ring (bicyclic) bond motifs is 1. The summed E-state index contributed by atoms with van der Waals surface area (Å²) in [5.74, 6) is -0.722. The zero-order chi connectivity index (χ0) is 18.1. The first kappa shape index (κ1) is 16.3. The third kappa shape index (κ3) is 3.18. The molecule has 2 heterocycles. The molecule has 0 bridgehead atoms. The van der Waals surface area contributed by atoms with Crippen LogP contribution >= 0.6 is 11.3 Å². The molecule has 0 saturated heterocycles. The van der Waals surface area contributed by atoms with Crippen molar-refractivity contribution in [3.63, 3.8) is 0 Å². The summed E-state index contributed by atoms with van der Waals surface area (Å²) in [6.07, 6.45) is 0. The third-order valence-electron chi connectivity index (χ3n) is 3.94. The maximum Gasteiger partial charge on any atom is 0.279 e. The van der Waals surface area contributed by atoms with Crippen LogP contribution in [0.3, 0.4) is 0 Å². The molecule has 2 aromatic heterocycles. The fraction of sp³-hybridized carbons (Fsp3) is 0.111. The van der Waals surface area contributed by atoms with Gasteiger partial charge < -0.3 is 0 Å². The molecule has 0 aliphatic carbocycles. The van der Waals surface area contributed by atoms with Gasteiger partial charge in [0, 0.05) is 0 Å². The number of carbonyl (C=O) groups is 1. The van der Waals surface area contributed by atoms with Gasteiger partial charge in [-0.15, -0.1) is 5.10 Å². The zero-order valence-electron chi connectivity index (χ0n) is 13.8. The molecule has 0 atom stereocenters. The first-order chi connectivity index (χ1) is 12.6. The molecule has 0 saturated carbocycles. The van der Waals surface area contributed by atoms with E-state index in [1.165, 1.54) is 23.5 Å². The molecule has 130 valence electrons. The average Bonchev–Trinajstić information content (AvgIpc) is 3.19. The minimum atomic E-state index is -0.388. The van der Waals surface area contributed by atoms with E-state index in [1.54, 1.807) is 17.7 Å². The smallest absolute Gasteiger partial charge is 0.279 e. The average molecular weight is 367 g/mol. The number of amides is 1. The molecule has 26 heavy (non-hydrogen) atoms. The van der Waals surface area contributed by atoms with Crippen molar-refractivity contribution in [2.45, 2.75) is 13.5 Å². The van der Waals surface area contributed by atoms with Crippen molar-refractivity contribution in [1.29, 1.82) is 0 Å². The molecule has 0 fully saturated rings. The third-order valence-corrected chi connectivity index (χ3v) is 4.88. The van der Waals surface area contributed by atoms with Crippen LogP contribution in [0.4, 0.5) is 9.52 Å². The molecular formula is C18H14FN5OS. The molecule has 6 nitrogen and oxygen atoms in total. The highest BCUT2D eigenvalue weighted by molar-refractivity contribution is 7.22. The van der Waals surface area contributed by atoms with Crippen LogP contribution in [0.2, 0.25) is 0 Å². The van der Waals surface area contributed by atoms with Crippen molar-refractivity contribution >= 4 is 32.6 Å². The number of aromatic nitrogens is 4. The van der Waals surface area contributed by atoms with Crippen molar-refractivity contribution in [3.05, 3.63) is 71.3 Å². The number of rotatable bonds is 4. The van der Waals surface area contributed by atoms with Gasteiger partial charge in [-0.1, -0.05) is 46.9 Å². The number of anilines is 1. The van der Waals surface area contributed by atoms with E-state index in [2.05, 4.69) is 20.6 Å². The van der Waals surface area contributed by atoms with Crippen molar-refractivity contribution in [3.8, 4) is 0 Å². The first-order valence-corrected chi connectivity index (χ1v) is 8.73. The Kier molecular flexibility index (Phi) is 4.18. The van der Waals surface area contributed by atoms with E-state index in [0.29, 0.717) is 27.6 Å². The van der Waals surface area contributed by atoms with Crippen LogP contribution in [0.25, 0.3) is 10.2 Å². The molecule has 2 aromatic carbocycles. The van der Waals surface area contributed by atoms with Crippen LogP contribution in [-0.2, 0) is 6.54 Å². The van der Waals surface area contributed by atoms with E-state index in [0.717, 1.165) is 5.56 Å².